The molecule has 0 spiro atoms. The van der Waals surface area contributed by atoms with Gasteiger partial charge in [0.05, 0.1) is 0 Å². The Morgan fingerprint density at radius 2 is 1.20 bits per heavy atom. The highest BCUT2D eigenvalue weighted by atomic mass is 35.5. The van der Waals surface area contributed by atoms with Gasteiger partial charge in [0.1, 0.15) is 11.8 Å². The van der Waals surface area contributed by atoms with Crippen molar-refractivity contribution < 1.29 is 9.59 Å². The molecule has 0 unspecified atom stereocenters. The van der Waals surface area contributed by atoms with Gasteiger partial charge < -0.3 is 16.0 Å². The number of amides is 2. The summed E-state index contributed by atoms with van der Waals surface area (Å²) in [5.41, 5.74) is 0. The van der Waals surface area contributed by atoms with Crippen LogP contribution in [0.3, 0.4) is 0 Å². The first kappa shape index (κ1) is 14.5. The topological polar surface area (TPSA) is 70.2 Å². The van der Waals surface area contributed by atoms with E-state index in [1.54, 1.807) is 0 Å². The number of nitrogens with one attached hydrogen (secondary N) is 3. The Balaban J connectivity index is 3.11. The minimum atomic E-state index is -0.186. The molecule has 0 aliphatic rings. The fourth-order valence-electron chi connectivity index (χ4n) is 0.800. The average molecular weight is 256 g/mol. The van der Waals surface area contributed by atoms with Crippen LogP contribution in [0.5, 0.6) is 0 Å². The van der Waals surface area contributed by atoms with Gasteiger partial charge >= 0.3 is 0 Å². The SMILES string of the molecule is O=C(CCl)NCCNCCNC(=O)CCl. The highest BCUT2D eigenvalue weighted by Crippen LogP contribution is 1.73. The predicted molar refractivity (Wildman–Crippen MR) is 60.3 cm³/mol. The van der Waals surface area contributed by atoms with Crippen LogP contribution in [0.4, 0.5) is 0 Å². The minimum Gasteiger partial charge on any atom is -0.354 e. The molecule has 3 N–H and O–H groups in total. The summed E-state index contributed by atoms with van der Waals surface area (Å²) in [7, 11) is 0. The summed E-state index contributed by atoms with van der Waals surface area (Å²) in [6.45, 7) is 2.32. The molecule has 88 valence electrons. The molecule has 5 nitrogen and oxygen atoms in total. The maximum absolute atomic E-state index is 10.7. The van der Waals surface area contributed by atoms with Gasteiger partial charge in [0.2, 0.25) is 11.8 Å². The van der Waals surface area contributed by atoms with E-state index in [4.69, 9.17) is 23.2 Å². The Labute approximate surface area is 98.9 Å². The lowest BCUT2D eigenvalue weighted by Crippen LogP contribution is -2.36. The molecule has 0 fully saturated rings. The summed E-state index contributed by atoms with van der Waals surface area (Å²) in [5.74, 6) is -0.416. The molecule has 0 saturated heterocycles. The predicted octanol–water partition coefficient (Wildman–Crippen LogP) is -0.714. The van der Waals surface area contributed by atoms with Crippen molar-refractivity contribution in [3.05, 3.63) is 0 Å². The minimum absolute atomic E-state index is 0.0220. The first-order valence-electron chi connectivity index (χ1n) is 4.56. The largest absolute Gasteiger partial charge is 0.354 e. The number of alkyl halides is 2. The van der Waals surface area contributed by atoms with Crippen molar-refractivity contribution in [1.82, 2.24) is 16.0 Å². The van der Waals surface area contributed by atoms with Gasteiger partial charge in [-0.05, 0) is 0 Å². The van der Waals surface area contributed by atoms with Crippen molar-refractivity contribution in [3.8, 4) is 0 Å². The highest BCUT2D eigenvalue weighted by Gasteiger charge is 1.97. The van der Waals surface area contributed by atoms with Crippen molar-refractivity contribution in [2.24, 2.45) is 0 Å². The van der Waals surface area contributed by atoms with E-state index in [9.17, 15) is 9.59 Å². The zero-order valence-corrected chi connectivity index (χ0v) is 9.83. The van der Waals surface area contributed by atoms with Crippen molar-refractivity contribution in [3.63, 3.8) is 0 Å². The van der Waals surface area contributed by atoms with Crippen LogP contribution in [-0.2, 0) is 9.59 Å². The molecule has 0 aromatic heterocycles. The van der Waals surface area contributed by atoms with Gasteiger partial charge in [0.25, 0.3) is 0 Å². The fourth-order valence-corrected chi connectivity index (χ4v) is 0.989. The molecule has 0 bridgehead atoms. The molecule has 2 amide bonds. The number of hydrogen-bond donors (Lipinski definition) is 3. The second-order valence-electron chi connectivity index (χ2n) is 2.72. The van der Waals surface area contributed by atoms with Crippen LogP contribution in [0.2, 0.25) is 0 Å². The molecule has 0 atom stereocenters. The number of carbonyl (C=O) groups excluding carboxylic acids is 2. The molecule has 0 aromatic carbocycles. The molecule has 7 heteroatoms. The summed E-state index contributed by atoms with van der Waals surface area (Å²) in [5, 5.41) is 8.23. The lowest BCUT2D eigenvalue weighted by molar-refractivity contribution is -0.119. The van der Waals surface area contributed by atoms with Crippen LogP contribution >= 0.6 is 23.2 Å². The molecule has 0 rings (SSSR count). The monoisotopic (exact) mass is 255 g/mol. The standard InChI is InChI=1S/C8H15Cl2N3O2/c9-5-7(14)12-3-1-11-2-4-13-8(15)6-10/h11H,1-6H2,(H,12,14)(H,13,15). The second kappa shape index (κ2) is 10.0. The Morgan fingerprint density at radius 1 is 0.800 bits per heavy atom. The Bertz CT molecular complexity index is 182. The first-order chi connectivity index (χ1) is 7.20. The van der Waals surface area contributed by atoms with Crippen LogP contribution in [0.25, 0.3) is 0 Å². The third-order valence-electron chi connectivity index (χ3n) is 1.49. The zero-order chi connectivity index (χ0) is 11.5. The maximum atomic E-state index is 10.7. The Hall–Kier alpha value is -0.520. The van der Waals surface area contributed by atoms with E-state index in [1.165, 1.54) is 0 Å². The average Bonchev–Trinajstić information content (AvgIpc) is 2.26. The van der Waals surface area contributed by atoms with Crippen molar-refractivity contribution >= 4 is 35.0 Å². The van der Waals surface area contributed by atoms with Gasteiger partial charge in [-0.1, -0.05) is 0 Å². The second-order valence-corrected chi connectivity index (χ2v) is 3.25. The van der Waals surface area contributed by atoms with E-state index >= 15 is 0 Å². The van der Waals surface area contributed by atoms with Crippen LogP contribution in [0, 0.1) is 0 Å². The van der Waals surface area contributed by atoms with Crippen LogP contribution in [-0.4, -0.2) is 49.8 Å². The van der Waals surface area contributed by atoms with E-state index in [0.717, 1.165) is 0 Å². The molecule has 0 aliphatic carbocycles. The highest BCUT2D eigenvalue weighted by molar-refractivity contribution is 6.27. The van der Waals surface area contributed by atoms with E-state index in [1.807, 2.05) is 0 Å². The molecular formula is C8H15Cl2N3O2. The van der Waals surface area contributed by atoms with E-state index < -0.39 is 0 Å². The van der Waals surface area contributed by atoms with Crippen molar-refractivity contribution in [1.29, 1.82) is 0 Å². The molecule has 0 radical (unpaired) electrons. The summed E-state index contributed by atoms with van der Waals surface area (Å²) in [6, 6.07) is 0. The van der Waals surface area contributed by atoms with Crippen LogP contribution in [0.1, 0.15) is 0 Å². The van der Waals surface area contributed by atoms with Gasteiger partial charge in [-0.15, -0.1) is 23.2 Å². The van der Waals surface area contributed by atoms with Gasteiger partial charge in [-0.25, -0.2) is 0 Å². The Morgan fingerprint density at radius 3 is 1.53 bits per heavy atom. The quantitative estimate of drug-likeness (QED) is 0.397. The lowest BCUT2D eigenvalue weighted by Gasteiger charge is -2.06. The summed E-state index contributed by atoms with van der Waals surface area (Å²) >= 11 is 10.5. The van der Waals surface area contributed by atoms with Gasteiger partial charge in [-0.3, -0.25) is 9.59 Å². The summed E-state index contributed by atoms with van der Waals surface area (Å²) in [4.78, 5) is 21.4. The van der Waals surface area contributed by atoms with Gasteiger partial charge in [-0.2, -0.15) is 0 Å². The van der Waals surface area contributed by atoms with E-state index in [0.29, 0.717) is 26.2 Å². The molecule has 0 saturated carbocycles. The molecular weight excluding hydrogens is 241 g/mol. The third-order valence-corrected chi connectivity index (χ3v) is 1.98. The van der Waals surface area contributed by atoms with Crippen molar-refractivity contribution in [2.45, 2.75) is 0 Å². The number of carbonyl (C=O) groups is 2. The number of rotatable bonds is 8. The molecule has 15 heavy (non-hydrogen) atoms. The first-order valence-corrected chi connectivity index (χ1v) is 5.63. The van der Waals surface area contributed by atoms with Gasteiger partial charge in [0.15, 0.2) is 0 Å². The summed E-state index contributed by atoms with van der Waals surface area (Å²) in [6.07, 6.45) is 0. The normalized spacial score (nSPS) is 9.73. The van der Waals surface area contributed by atoms with Crippen LogP contribution < -0.4 is 16.0 Å². The number of hydrogen-bond acceptors (Lipinski definition) is 3. The van der Waals surface area contributed by atoms with E-state index in [-0.39, 0.29) is 23.6 Å². The zero-order valence-electron chi connectivity index (χ0n) is 8.32. The number of halogens is 2. The summed E-state index contributed by atoms with van der Waals surface area (Å²) < 4.78 is 0. The molecule has 0 aromatic rings. The smallest absolute Gasteiger partial charge is 0.234 e. The van der Waals surface area contributed by atoms with Gasteiger partial charge in [0, 0.05) is 26.2 Å². The van der Waals surface area contributed by atoms with E-state index in [2.05, 4.69) is 16.0 Å². The van der Waals surface area contributed by atoms with Crippen molar-refractivity contribution in [2.75, 3.05) is 37.9 Å². The lowest BCUT2D eigenvalue weighted by atomic mass is 10.5. The maximum Gasteiger partial charge on any atom is 0.234 e. The molecule has 0 heterocycles. The fraction of sp³-hybridized carbons (Fsp3) is 0.750. The third kappa shape index (κ3) is 9.78. The Kier molecular flexibility index (Phi) is 9.67. The molecule has 0 aliphatic heterocycles. The van der Waals surface area contributed by atoms with Crippen LogP contribution in [0.15, 0.2) is 0 Å².